The molecule has 1 fully saturated rings. The molecule has 3 N–H and O–H groups in total. The third-order valence-electron chi connectivity index (χ3n) is 3.66. The van der Waals surface area contributed by atoms with E-state index in [1.807, 2.05) is 6.92 Å². The van der Waals surface area contributed by atoms with Crippen molar-refractivity contribution in [3.8, 4) is 0 Å². The fraction of sp³-hybridized carbons (Fsp3) is 0.833. The molecule has 1 aliphatic rings. The number of carbonyl (C=O) groups excluding carboxylic acids is 1. The smallest absolute Gasteiger partial charge is 0.233 e. The lowest BCUT2D eigenvalue weighted by Gasteiger charge is -2.44. The van der Waals surface area contributed by atoms with Crippen LogP contribution in [0.15, 0.2) is 0 Å². The van der Waals surface area contributed by atoms with Gasteiger partial charge in [0.2, 0.25) is 5.91 Å². The molecular formula is C12H22N2OS. The maximum absolute atomic E-state index is 12.2. The highest BCUT2D eigenvalue weighted by atomic mass is 32.1. The number of amides is 1. The van der Waals surface area contributed by atoms with Gasteiger partial charge in [-0.05, 0) is 31.6 Å². The van der Waals surface area contributed by atoms with E-state index in [1.165, 1.54) is 0 Å². The van der Waals surface area contributed by atoms with Gasteiger partial charge in [-0.2, -0.15) is 0 Å². The van der Waals surface area contributed by atoms with Crippen LogP contribution in [-0.2, 0) is 4.79 Å². The van der Waals surface area contributed by atoms with Gasteiger partial charge in [-0.25, -0.2) is 0 Å². The summed E-state index contributed by atoms with van der Waals surface area (Å²) in [6, 6.07) is 0.162. The molecule has 0 radical (unpaired) electrons. The summed E-state index contributed by atoms with van der Waals surface area (Å²) >= 11 is 5.05. The molecule has 16 heavy (non-hydrogen) atoms. The van der Waals surface area contributed by atoms with Gasteiger partial charge in [0.25, 0.3) is 0 Å². The molecular weight excluding hydrogens is 220 g/mol. The van der Waals surface area contributed by atoms with E-state index in [0.29, 0.717) is 16.8 Å². The third-order valence-corrected chi connectivity index (χ3v) is 4.05. The first-order chi connectivity index (χ1) is 7.29. The maximum atomic E-state index is 12.2. The highest BCUT2D eigenvalue weighted by Gasteiger charge is 2.51. The number of hydrogen-bond donors (Lipinski definition) is 2. The Morgan fingerprint density at radius 1 is 1.44 bits per heavy atom. The van der Waals surface area contributed by atoms with Crippen molar-refractivity contribution >= 4 is 23.1 Å². The van der Waals surface area contributed by atoms with Crippen molar-refractivity contribution in [1.82, 2.24) is 5.32 Å². The minimum absolute atomic E-state index is 0.0132. The Bertz CT molecular complexity index is 295. The van der Waals surface area contributed by atoms with Crippen molar-refractivity contribution in [2.24, 2.45) is 23.0 Å². The molecule has 4 heteroatoms. The van der Waals surface area contributed by atoms with Crippen LogP contribution in [0.1, 0.15) is 40.5 Å². The summed E-state index contributed by atoms with van der Waals surface area (Å²) in [7, 11) is 0. The van der Waals surface area contributed by atoms with Gasteiger partial charge in [-0.15, -0.1) is 0 Å². The van der Waals surface area contributed by atoms with E-state index in [-0.39, 0.29) is 11.9 Å². The van der Waals surface area contributed by atoms with E-state index in [9.17, 15) is 4.79 Å². The number of thiocarbonyl (C=S) groups is 1. The fourth-order valence-electron chi connectivity index (χ4n) is 2.14. The van der Waals surface area contributed by atoms with Gasteiger partial charge >= 0.3 is 0 Å². The Hall–Kier alpha value is -0.640. The monoisotopic (exact) mass is 242 g/mol. The van der Waals surface area contributed by atoms with Crippen LogP contribution in [0.25, 0.3) is 0 Å². The van der Waals surface area contributed by atoms with E-state index in [0.717, 1.165) is 12.8 Å². The quantitative estimate of drug-likeness (QED) is 0.740. The van der Waals surface area contributed by atoms with Crippen molar-refractivity contribution in [1.29, 1.82) is 0 Å². The number of hydrogen-bond acceptors (Lipinski definition) is 2. The van der Waals surface area contributed by atoms with Crippen LogP contribution in [0.4, 0.5) is 0 Å². The Kier molecular flexibility index (Phi) is 3.94. The molecule has 1 rings (SSSR count). The second-order valence-electron chi connectivity index (χ2n) is 5.47. The van der Waals surface area contributed by atoms with E-state index in [4.69, 9.17) is 18.0 Å². The number of nitrogens with one attached hydrogen (secondary N) is 1. The van der Waals surface area contributed by atoms with Gasteiger partial charge in [0.05, 0.1) is 10.4 Å². The van der Waals surface area contributed by atoms with Gasteiger partial charge < -0.3 is 11.1 Å². The Morgan fingerprint density at radius 3 is 2.25 bits per heavy atom. The topological polar surface area (TPSA) is 55.1 Å². The normalized spacial score (nSPS) is 30.7. The molecule has 0 saturated heterocycles. The van der Waals surface area contributed by atoms with Crippen LogP contribution in [0.3, 0.4) is 0 Å². The highest BCUT2D eigenvalue weighted by Crippen LogP contribution is 2.46. The highest BCUT2D eigenvalue weighted by molar-refractivity contribution is 7.80. The Balaban J connectivity index is 2.68. The van der Waals surface area contributed by atoms with E-state index < -0.39 is 5.41 Å². The minimum Gasteiger partial charge on any atom is -0.392 e. The molecule has 1 aliphatic carbocycles. The van der Waals surface area contributed by atoms with Crippen LogP contribution in [0.5, 0.6) is 0 Å². The minimum atomic E-state index is -0.572. The summed E-state index contributed by atoms with van der Waals surface area (Å²) in [5.74, 6) is 0.978. The maximum Gasteiger partial charge on any atom is 0.233 e. The fourth-order valence-corrected chi connectivity index (χ4v) is 2.40. The molecule has 1 atom stereocenters. The summed E-state index contributed by atoms with van der Waals surface area (Å²) in [5.41, 5.74) is 5.15. The number of nitrogens with two attached hydrogens (primary N) is 1. The molecule has 0 bridgehead atoms. The predicted molar refractivity (Wildman–Crippen MR) is 70.1 cm³/mol. The zero-order chi connectivity index (χ0) is 12.5. The van der Waals surface area contributed by atoms with Crippen LogP contribution in [0, 0.1) is 17.3 Å². The molecule has 0 heterocycles. The lowest BCUT2D eigenvalue weighted by molar-refractivity contribution is -0.133. The van der Waals surface area contributed by atoms with Crippen LogP contribution < -0.4 is 11.1 Å². The average molecular weight is 242 g/mol. The van der Waals surface area contributed by atoms with Crippen molar-refractivity contribution in [3.05, 3.63) is 0 Å². The molecule has 1 unspecified atom stereocenters. The first kappa shape index (κ1) is 13.4. The standard InChI is InChI=1S/C12H22N2OS/c1-7(2)9(4)14-11(15)12(10(13)16)5-8(3)6-12/h7-9H,5-6H2,1-4H3,(H2,13,16)(H,14,15). The largest absolute Gasteiger partial charge is 0.392 e. The first-order valence-corrected chi connectivity index (χ1v) is 6.31. The zero-order valence-electron chi connectivity index (χ0n) is 10.5. The second-order valence-corrected chi connectivity index (χ2v) is 5.91. The van der Waals surface area contributed by atoms with Gasteiger partial charge in [-0.3, -0.25) is 4.79 Å². The predicted octanol–water partition coefficient (Wildman–Crippen LogP) is 1.85. The Labute approximate surface area is 103 Å². The third kappa shape index (κ3) is 2.37. The van der Waals surface area contributed by atoms with Crippen molar-refractivity contribution in [2.75, 3.05) is 0 Å². The summed E-state index contributed by atoms with van der Waals surface area (Å²) in [6.07, 6.45) is 1.58. The van der Waals surface area contributed by atoms with Crippen LogP contribution >= 0.6 is 12.2 Å². The average Bonchev–Trinajstić information content (AvgIpc) is 2.11. The van der Waals surface area contributed by atoms with Gasteiger partial charge in [0.1, 0.15) is 0 Å². The lowest BCUT2D eigenvalue weighted by Crippen LogP contribution is -2.57. The van der Waals surface area contributed by atoms with Gasteiger partial charge in [0, 0.05) is 6.04 Å². The number of rotatable bonds is 4. The van der Waals surface area contributed by atoms with Crippen molar-refractivity contribution < 1.29 is 4.79 Å². The molecule has 1 saturated carbocycles. The molecule has 0 aromatic heterocycles. The molecule has 0 spiro atoms. The second kappa shape index (κ2) is 4.70. The summed E-state index contributed by atoms with van der Waals surface area (Å²) in [5, 5.41) is 3.02. The zero-order valence-corrected chi connectivity index (χ0v) is 11.4. The molecule has 0 aromatic carbocycles. The Morgan fingerprint density at radius 2 is 1.94 bits per heavy atom. The molecule has 0 aliphatic heterocycles. The first-order valence-electron chi connectivity index (χ1n) is 5.90. The van der Waals surface area contributed by atoms with E-state index >= 15 is 0 Å². The van der Waals surface area contributed by atoms with Crippen molar-refractivity contribution in [2.45, 2.75) is 46.6 Å². The summed E-state index contributed by atoms with van der Waals surface area (Å²) in [6.45, 7) is 8.30. The van der Waals surface area contributed by atoms with Gasteiger partial charge in [-0.1, -0.05) is 33.0 Å². The molecule has 0 aromatic rings. The number of carbonyl (C=O) groups is 1. The van der Waals surface area contributed by atoms with E-state index in [2.05, 4.69) is 26.1 Å². The lowest BCUT2D eigenvalue weighted by atomic mass is 9.62. The van der Waals surface area contributed by atoms with Crippen LogP contribution in [0.2, 0.25) is 0 Å². The molecule has 3 nitrogen and oxygen atoms in total. The molecule has 92 valence electrons. The summed E-state index contributed by atoms with van der Waals surface area (Å²) in [4.78, 5) is 12.5. The van der Waals surface area contributed by atoms with Gasteiger partial charge in [0.15, 0.2) is 0 Å². The van der Waals surface area contributed by atoms with Crippen LogP contribution in [-0.4, -0.2) is 16.9 Å². The van der Waals surface area contributed by atoms with Crippen molar-refractivity contribution in [3.63, 3.8) is 0 Å². The van der Waals surface area contributed by atoms with E-state index in [1.54, 1.807) is 0 Å². The molecule has 1 amide bonds. The summed E-state index contributed by atoms with van der Waals surface area (Å²) < 4.78 is 0. The SMILES string of the molecule is CC1CC(C(=O)NC(C)C(C)C)(C(N)=S)C1.